The zero-order valence-corrected chi connectivity index (χ0v) is 14.4. The van der Waals surface area contributed by atoms with Gasteiger partial charge in [0.1, 0.15) is 0 Å². The standard InChI is InChI=1S/C19H22N2O2S/c22-19(9-8-17-7-4-14-24-17)20-15-18(16-5-2-1-3-6-16)21-10-12-23-13-11-21/h1-9,14,18H,10-13,15H2,(H,20,22)/b9-8+. The molecule has 0 bridgehead atoms. The van der Waals surface area contributed by atoms with Crippen molar-refractivity contribution in [3.63, 3.8) is 0 Å². The molecule has 2 heterocycles. The zero-order chi connectivity index (χ0) is 16.6. The van der Waals surface area contributed by atoms with Crippen molar-refractivity contribution >= 4 is 23.3 Å². The maximum atomic E-state index is 12.1. The third-order valence-corrected chi connectivity index (χ3v) is 4.92. The summed E-state index contributed by atoms with van der Waals surface area (Å²) in [4.78, 5) is 15.6. The Morgan fingerprint density at radius 3 is 2.71 bits per heavy atom. The van der Waals surface area contributed by atoms with Gasteiger partial charge in [-0.05, 0) is 23.1 Å². The van der Waals surface area contributed by atoms with Gasteiger partial charge in [-0.3, -0.25) is 9.69 Å². The minimum Gasteiger partial charge on any atom is -0.379 e. The molecule has 0 aliphatic carbocycles. The Kier molecular flexibility index (Phi) is 6.18. The van der Waals surface area contributed by atoms with Crippen LogP contribution in [0, 0.1) is 0 Å². The predicted octanol–water partition coefficient (Wildman–Crippen LogP) is 2.95. The number of thiophene rings is 1. The number of ether oxygens (including phenoxy) is 1. The Morgan fingerprint density at radius 2 is 2.00 bits per heavy atom. The molecule has 1 atom stereocenters. The van der Waals surface area contributed by atoms with Crippen LogP contribution in [-0.2, 0) is 9.53 Å². The molecule has 0 radical (unpaired) electrons. The van der Waals surface area contributed by atoms with Crippen LogP contribution < -0.4 is 5.32 Å². The maximum Gasteiger partial charge on any atom is 0.244 e. The zero-order valence-electron chi connectivity index (χ0n) is 13.6. The summed E-state index contributed by atoms with van der Waals surface area (Å²) in [6, 6.07) is 14.5. The van der Waals surface area contributed by atoms with Gasteiger partial charge in [0.25, 0.3) is 0 Å². The fourth-order valence-corrected chi connectivity index (χ4v) is 3.44. The molecule has 0 saturated carbocycles. The lowest BCUT2D eigenvalue weighted by Crippen LogP contribution is -2.43. The first-order valence-corrected chi connectivity index (χ1v) is 9.07. The molecule has 1 aromatic carbocycles. The largest absolute Gasteiger partial charge is 0.379 e. The van der Waals surface area contributed by atoms with Crippen molar-refractivity contribution < 1.29 is 9.53 Å². The molecule has 4 nitrogen and oxygen atoms in total. The van der Waals surface area contributed by atoms with Crippen LogP contribution in [0.15, 0.2) is 53.9 Å². The number of benzene rings is 1. The smallest absolute Gasteiger partial charge is 0.244 e. The number of amides is 1. The molecule has 2 aromatic rings. The summed E-state index contributed by atoms with van der Waals surface area (Å²) in [6.45, 7) is 3.86. The van der Waals surface area contributed by atoms with Gasteiger partial charge in [0.2, 0.25) is 5.91 Å². The second kappa shape index (κ2) is 8.78. The van der Waals surface area contributed by atoms with Crippen LogP contribution in [0.5, 0.6) is 0 Å². The molecule has 0 spiro atoms. The van der Waals surface area contributed by atoms with E-state index >= 15 is 0 Å². The molecule has 1 N–H and O–H groups in total. The summed E-state index contributed by atoms with van der Waals surface area (Å²) < 4.78 is 5.45. The highest BCUT2D eigenvalue weighted by Gasteiger charge is 2.22. The van der Waals surface area contributed by atoms with Crippen molar-refractivity contribution in [3.05, 3.63) is 64.4 Å². The number of carbonyl (C=O) groups is 1. The highest BCUT2D eigenvalue weighted by atomic mass is 32.1. The number of rotatable bonds is 6. The Balaban J connectivity index is 1.62. The Labute approximate surface area is 146 Å². The van der Waals surface area contributed by atoms with E-state index in [0.717, 1.165) is 31.2 Å². The van der Waals surface area contributed by atoms with E-state index in [2.05, 4.69) is 22.3 Å². The summed E-state index contributed by atoms with van der Waals surface area (Å²) in [5.74, 6) is -0.0578. The van der Waals surface area contributed by atoms with E-state index in [-0.39, 0.29) is 11.9 Å². The quantitative estimate of drug-likeness (QED) is 0.821. The average Bonchev–Trinajstić information content (AvgIpc) is 3.16. The van der Waals surface area contributed by atoms with Crippen LogP contribution in [0.25, 0.3) is 6.08 Å². The van der Waals surface area contributed by atoms with Crippen LogP contribution in [0.3, 0.4) is 0 Å². The van der Waals surface area contributed by atoms with Gasteiger partial charge < -0.3 is 10.1 Å². The number of carbonyl (C=O) groups excluding carboxylic acids is 1. The monoisotopic (exact) mass is 342 g/mol. The van der Waals surface area contributed by atoms with Gasteiger partial charge in [0.15, 0.2) is 0 Å². The molecule has 126 valence electrons. The number of nitrogens with zero attached hydrogens (tertiary/aromatic N) is 1. The van der Waals surface area contributed by atoms with Crippen LogP contribution in [0.2, 0.25) is 0 Å². The van der Waals surface area contributed by atoms with Gasteiger partial charge in [0, 0.05) is 30.6 Å². The number of morpholine rings is 1. The van der Waals surface area contributed by atoms with E-state index in [1.165, 1.54) is 5.56 Å². The molecular weight excluding hydrogens is 320 g/mol. The van der Waals surface area contributed by atoms with Gasteiger partial charge in [0.05, 0.1) is 19.3 Å². The van der Waals surface area contributed by atoms with Crippen molar-refractivity contribution in [2.24, 2.45) is 0 Å². The van der Waals surface area contributed by atoms with Crippen LogP contribution in [0.1, 0.15) is 16.5 Å². The highest BCUT2D eigenvalue weighted by Crippen LogP contribution is 2.21. The SMILES string of the molecule is O=C(/C=C/c1cccs1)NCC(c1ccccc1)N1CCOCC1. The van der Waals surface area contributed by atoms with Crippen molar-refractivity contribution in [1.82, 2.24) is 10.2 Å². The van der Waals surface area contributed by atoms with Crippen LogP contribution >= 0.6 is 11.3 Å². The van der Waals surface area contributed by atoms with E-state index in [4.69, 9.17) is 4.74 Å². The molecule has 5 heteroatoms. The Bertz CT molecular complexity index is 649. The molecule has 1 amide bonds. The minimum absolute atomic E-state index is 0.0578. The molecule has 1 unspecified atom stereocenters. The topological polar surface area (TPSA) is 41.6 Å². The third kappa shape index (κ3) is 4.77. The van der Waals surface area contributed by atoms with E-state index < -0.39 is 0 Å². The highest BCUT2D eigenvalue weighted by molar-refractivity contribution is 7.10. The van der Waals surface area contributed by atoms with E-state index in [1.54, 1.807) is 17.4 Å². The van der Waals surface area contributed by atoms with Crippen molar-refractivity contribution in [2.45, 2.75) is 6.04 Å². The second-order valence-electron chi connectivity index (χ2n) is 5.67. The summed E-state index contributed by atoms with van der Waals surface area (Å²) in [5, 5.41) is 5.04. The lowest BCUT2D eigenvalue weighted by Gasteiger charge is -2.34. The summed E-state index contributed by atoms with van der Waals surface area (Å²) in [7, 11) is 0. The van der Waals surface area contributed by atoms with Gasteiger partial charge in [-0.1, -0.05) is 36.4 Å². The summed E-state index contributed by atoms with van der Waals surface area (Å²) in [6.07, 6.45) is 3.46. The van der Waals surface area contributed by atoms with Gasteiger partial charge >= 0.3 is 0 Å². The fraction of sp³-hybridized carbons (Fsp3) is 0.316. The number of nitrogens with one attached hydrogen (secondary N) is 1. The van der Waals surface area contributed by atoms with Gasteiger partial charge in [-0.2, -0.15) is 0 Å². The Hall–Kier alpha value is -1.95. The lowest BCUT2D eigenvalue weighted by molar-refractivity contribution is -0.116. The van der Waals surface area contributed by atoms with Crippen molar-refractivity contribution in [2.75, 3.05) is 32.8 Å². The van der Waals surface area contributed by atoms with Crippen LogP contribution in [0.4, 0.5) is 0 Å². The van der Waals surface area contributed by atoms with E-state index in [1.807, 2.05) is 41.8 Å². The predicted molar refractivity (Wildman–Crippen MR) is 97.9 cm³/mol. The lowest BCUT2D eigenvalue weighted by atomic mass is 10.0. The summed E-state index contributed by atoms with van der Waals surface area (Å²) in [5.41, 5.74) is 1.22. The van der Waals surface area contributed by atoms with Gasteiger partial charge in [-0.25, -0.2) is 0 Å². The first kappa shape index (κ1) is 16.9. The molecule has 24 heavy (non-hydrogen) atoms. The second-order valence-corrected chi connectivity index (χ2v) is 6.65. The fourth-order valence-electron chi connectivity index (χ4n) is 2.82. The number of hydrogen-bond donors (Lipinski definition) is 1. The first-order chi connectivity index (χ1) is 11.8. The van der Waals surface area contributed by atoms with Gasteiger partial charge in [-0.15, -0.1) is 11.3 Å². The normalized spacial score (nSPS) is 17.0. The van der Waals surface area contributed by atoms with Crippen molar-refractivity contribution in [1.29, 1.82) is 0 Å². The maximum absolute atomic E-state index is 12.1. The molecule has 1 aromatic heterocycles. The molecule has 3 rings (SSSR count). The number of hydrogen-bond acceptors (Lipinski definition) is 4. The Morgan fingerprint density at radius 1 is 1.21 bits per heavy atom. The molecular formula is C19H22N2O2S. The third-order valence-electron chi connectivity index (χ3n) is 4.08. The average molecular weight is 342 g/mol. The minimum atomic E-state index is -0.0578. The molecule has 1 aliphatic heterocycles. The van der Waals surface area contributed by atoms with Crippen molar-refractivity contribution in [3.8, 4) is 0 Å². The van der Waals surface area contributed by atoms with E-state index in [0.29, 0.717) is 6.54 Å². The van der Waals surface area contributed by atoms with Crippen LogP contribution in [-0.4, -0.2) is 43.7 Å². The molecule has 1 saturated heterocycles. The van der Waals surface area contributed by atoms with E-state index in [9.17, 15) is 4.79 Å². The first-order valence-electron chi connectivity index (χ1n) is 8.19. The molecule has 1 fully saturated rings. The molecule has 1 aliphatic rings. The summed E-state index contributed by atoms with van der Waals surface area (Å²) >= 11 is 1.62.